The van der Waals surface area contributed by atoms with Gasteiger partial charge < -0.3 is 5.32 Å². The Kier molecular flexibility index (Phi) is 6.85. The van der Waals surface area contributed by atoms with E-state index < -0.39 is 0 Å². The lowest BCUT2D eigenvalue weighted by atomic mass is 9.81. The largest absolute Gasteiger partial charge is 0.356 e. The van der Waals surface area contributed by atoms with Crippen molar-refractivity contribution in [2.24, 2.45) is 11.8 Å². The molecule has 1 aliphatic rings. The van der Waals surface area contributed by atoms with E-state index in [9.17, 15) is 4.79 Å². The van der Waals surface area contributed by atoms with Crippen LogP contribution in [0.25, 0.3) is 0 Å². The number of carbonyl (C=O) groups is 1. The Balaban J connectivity index is 1.27. The van der Waals surface area contributed by atoms with Crippen molar-refractivity contribution in [3.8, 4) is 0 Å². The highest BCUT2D eigenvalue weighted by atomic mass is 16.1. The van der Waals surface area contributed by atoms with Crippen LogP contribution in [0.5, 0.6) is 0 Å². The smallest absolute Gasteiger partial charge is 0.223 e. The van der Waals surface area contributed by atoms with Gasteiger partial charge in [-0.25, -0.2) is 4.68 Å². The van der Waals surface area contributed by atoms with Gasteiger partial charge in [-0.3, -0.25) is 4.79 Å². The Labute approximate surface area is 177 Å². The first kappa shape index (κ1) is 20.3. The number of hydrogen-bond acceptors (Lipinski definition) is 4. The molecule has 0 spiro atoms. The van der Waals surface area contributed by atoms with E-state index in [0.717, 1.165) is 38.6 Å². The topological polar surface area (TPSA) is 72.7 Å². The summed E-state index contributed by atoms with van der Waals surface area (Å²) >= 11 is 0. The van der Waals surface area contributed by atoms with Crippen molar-refractivity contribution >= 4 is 5.91 Å². The van der Waals surface area contributed by atoms with Crippen LogP contribution in [0.2, 0.25) is 0 Å². The third-order valence-corrected chi connectivity index (χ3v) is 6.19. The predicted octanol–water partition coefficient (Wildman–Crippen LogP) is 3.82. The lowest BCUT2D eigenvalue weighted by Gasteiger charge is -2.27. The van der Waals surface area contributed by atoms with Crippen LogP contribution in [-0.2, 0) is 11.3 Å². The van der Waals surface area contributed by atoms with E-state index in [2.05, 4.69) is 69.4 Å². The monoisotopic (exact) mass is 403 g/mol. The summed E-state index contributed by atoms with van der Waals surface area (Å²) in [6, 6.07) is 21.1. The number of hydrogen-bond donors (Lipinski definition) is 1. The van der Waals surface area contributed by atoms with Crippen molar-refractivity contribution in [1.82, 2.24) is 25.5 Å². The molecular weight excluding hydrogens is 374 g/mol. The quantitative estimate of drug-likeness (QED) is 0.621. The molecule has 0 atom stereocenters. The fourth-order valence-corrected chi connectivity index (χ4v) is 4.52. The summed E-state index contributed by atoms with van der Waals surface area (Å²) in [6.07, 6.45) is 6.55. The first-order valence-electron chi connectivity index (χ1n) is 10.9. The average molecular weight is 404 g/mol. The second-order valence-electron chi connectivity index (χ2n) is 8.20. The SMILES string of the molecule is O=C(NCCC(c1ccccc1)c1ccccc1)C1CCC(Cn2cnnn2)CC1. The second kappa shape index (κ2) is 10.1. The van der Waals surface area contributed by atoms with Crippen molar-refractivity contribution in [1.29, 1.82) is 0 Å². The Morgan fingerprint density at radius 3 is 2.17 bits per heavy atom. The molecule has 1 heterocycles. The summed E-state index contributed by atoms with van der Waals surface area (Å²) in [7, 11) is 0. The summed E-state index contributed by atoms with van der Waals surface area (Å²) in [5, 5.41) is 14.5. The molecule has 2 aromatic carbocycles. The highest BCUT2D eigenvalue weighted by molar-refractivity contribution is 5.78. The molecule has 0 saturated heterocycles. The zero-order chi connectivity index (χ0) is 20.6. The minimum absolute atomic E-state index is 0.127. The van der Waals surface area contributed by atoms with Gasteiger partial charge in [0.15, 0.2) is 0 Å². The van der Waals surface area contributed by atoms with Gasteiger partial charge in [-0.1, -0.05) is 60.7 Å². The zero-order valence-corrected chi connectivity index (χ0v) is 17.2. The maximum atomic E-state index is 12.7. The van der Waals surface area contributed by atoms with E-state index in [4.69, 9.17) is 0 Å². The van der Waals surface area contributed by atoms with Crippen LogP contribution in [0, 0.1) is 11.8 Å². The molecule has 6 nitrogen and oxygen atoms in total. The number of tetrazole rings is 1. The standard InChI is InChI=1S/C24H29N5O/c30-24(22-13-11-19(12-14-22)17-29-18-26-27-28-29)25-16-15-23(20-7-3-1-4-8-20)21-9-5-2-6-10-21/h1-10,18-19,22-23H,11-17H2,(H,25,30). The van der Waals surface area contributed by atoms with Crippen LogP contribution in [0.1, 0.15) is 49.1 Å². The van der Waals surface area contributed by atoms with Crippen molar-refractivity contribution in [3.63, 3.8) is 0 Å². The maximum Gasteiger partial charge on any atom is 0.223 e. The van der Waals surface area contributed by atoms with Gasteiger partial charge in [0, 0.05) is 24.9 Å². The minimum Gasteiger partial charge on any atom is -0.356 e. The summed E-state index contributed by atoms with van der Waals surface area (Å²) in [5.74, 6) is 1.18. The molecule has 6 heteroatoms. The predicted molar refractivity (Wildman–Crippen MR) is 116 cm³/mol. The van der Waals surface area contributed by atoms with Crippen molar-refractivity contribution in [3.05, 3.63) is 78.1 Å². The van der Waals surface area contributed by atoms with Gasteiger partial charge in [0.1, 0.15) is 6.33 Å². The van der Waals surface area contributed by atoms with Crippen molar-refractivity contribution in [2.45, 2.75) is 44.6 Å². The number of nitrogens with one attached hydrogen (secondary N) is 1. The molecule has 3 aromatic rings. The number of benzene rings is 2. The van der Waals surface area contributed by atoms with E-state index in [1.165, 1.54) is 11.1 Å². The molecule has 4 rings (SSSR count). The van der Waals surface area contributed by atoms with E-state index in [0.29, 0.717) is 18.4 Å². The van der Waals surface area contributed by atoms with E-state index in [-0.39, 0.29) is 11.8 Å². The molecule has 0 aliphatic heterocycles. The normalized spacial score (nSPS) is 19.0. The number of amides is 1. The number of aromatic nitrogens is 4. The van der Waals surface area contributed by atoms with Crippen molar-refractivity contribution in [2.75, 3.05) is 6.54 Å². The van der Waals surface area contributed by atoms with E-state index in [1.807, 2.05) is 12.1 Å². The molecular formula is C24H29N5O. The van der Waals surface area contributed by atoms with Crippen LogP contribution >= 0.6 is 0 Å². The molecule has 1 N–H and O–H groups in total. The maximum absolute atomic E-state index is 12.7. The van der Waals surface area contributed by atoms with E-state index >= 15 is 0 Å². The average Bonchev–Trinajstić information content (AvgIpc) is 3.31. The first-order valence-corrected chi connectivity index (χ1v) is 10.9. The Bertz CT molecular complexity index is 850. The summed E-state index contributed by atoms with van der Waals surface area (Å²) in [5.41, 5.74) is 2.59. The van der Waals surface area contributed by atoms with Gasteiger partial charge in [0.25, 0.3) is 0 Å². The molecule has 1 saturated carbocycles. The van der Waals surface area contributed by atoms with Crippen LogP contribution in [0.4, 0.5) is 0 Å². The van der Waals surface area contributed by atoms with E-state index in [1.54, 1.807) is 11.0 Å². The molecule has 156 valence electrons. The molecule has 0 bridgehead atoms. The molecule has 1 fully saturated rings. The lowest BCUT2D eigenvalue weighted by Crippen LogP contribution is -2.34. The van der Waals surface area contributed by atoms with Gasteiger partial charge in [0.05, 0.1) is 0 Å². The Morgan fingerprint density at radius 2 is 1.60 bits per heavy atom. The molecule has 1 aliphatic carbocycles. The van der Waals surface area contributed by atoms with Gasteiger partial charge in [0.2, 0.25) is 5.91 Å². The minimum atomic E-state index is 0.127. The highest BCUT2D eigenvalue weighted by Gasteiger charge is 2.26. The van der Waals surface area contributed by atoms with Gasteiger partial charge >= 0.3 is 0 Å². The Hall–Kier alpha value is -3.02. The summed E-state index contributed by atoms with van der Waals surface area (Å²) in [6.45, 7) is 1.54. The first-order chi connectivity index (χ1) is 14.8. The van der Waals surface area contributed by atoms with Crippen LogP contribution < -0.4 is 5.32 Å². The number of carbonyl (C=O) groups excluding carboxylic acids is 1. The zero-order valence-electron chi connectivity index (χ0n) is 17.2. The van der Waals surface area contributed by atoms with Crippen LogP contribution in [0.15, 0.2) is 67.0 Å². The Morgan fingerprint density at radius 1 is 0.967 bits per heavy atom. The van der Waals surface area contributed by atoms with Gasteiger partial charge in [-0.2, -0.15) is 0 Å². The summed E-state index contributed by atoms with van der Waals surface area (Å²) < 4.78 is 1.79. The molecule has 30 heavy (non-hydrogen) atoms. The molecule has 1 aromatic heterocycles. The van der Waals surface area contributed by atoms with Gasteiger partial charge in [-0.05, 0) is 59.6 Å². The third kappa shape index (κ3) is 5.32. The van der Waals surface area contributed by atoms with Gasteiger partial charge in [-0.15, -0.1) is 5.10 Å². The second-order valence-corrected chi connectivity index (χ2v) is 8.20. The fourth-order valence-electron chi connectivity index (χ4n) is 4.52. The van der Waals surface area contributed by atoms with Crippen LogP contribution in [0.3, 0.4) is 0 Å². The number of nitrogens with zero attached hydrogens (tertiary/aromatic N) is 4. The molecule has 1 amide bonds. The van der Waals surface area contributed by atoms with Crippen molar-refractivity contribution < 1.29 is 4.79 Å². The fraction of sp³-hybridized carbons (Fsp3) is 0.417. The summed E-state index contributed by atoms with van der Waals surface area (Å²) in [4.78, 5) is 12.7. The third-order valence-electron chi connectivity index (χ3n) is 6.19. The number of rotatable bonds is 8. The lowest BCUT2D eigenvalue weighted by molar-refractivity contribution is -0.126. The molecule has 0 unspecified atom stereocenters. The molecule has 0 radical (unpaired) electrons. The highest BCUT2D eigenvalue weighted by Crippen LogP contribution is 2.30. The van der Waals surface area contributed by atoms with Crippen LogP contribution in [-0.4, -0.2) is 32.7 Å².